The molecule has 0 radical (unpaired) electrons. The van der Waals surface area contributed by atoms with Crippen molar-refractivity contribution >= 4 is 22.9 Å². The summed E-state index contributed by atoms with van der Waals surface area (Å²) >= 11 is 0. The number of hydrogen-bond acceptors (Lipinski definition) is 4. The monoisotopic (exact) mass is 299 g/mol. The Bertz CT molecular complexity index is 746. The maximum Gasteiger partial charge on any atom is 0.311 e. The van der Waals surface area contributed by atoms with Gasteiger partial charge in [-0.25, -0.2) is 0 Å². The van der Waals surface area contributed by atoms with Crippen LogP contribution in [0.4, 0.5) is 0 Å². The number of carbonyl (C=O) groups is 2. The largest absolute Gasteiger partial charge is 0.481 e. The van der Waals surface area contributed by atoms with Crippen LogP contribution in [-0.2, 0) is 4.79 Å². The van der Waals surface area contributed by atoms with Gasteiger partial charge in [0.25, 0.3) is 5.91 Å². The first-order chi connectivity index (χ1) is 10.5. The molecule has 1 saturated heterocycles. The van der Waals surface area contributed by atoms with E-state index in [9.17, 15) is 14.7 Å². The summed E-state index contributed by atoms with van der Waals surface area (Å²) in [5.74, 6) is -1.01. The summed E-state index contributed by atoms with van der Waals surface area (Å²) in [4.78, 5) is 34.0. The van der Waals surface area contributed by atoms with Crippen molar-refractivity contribution in [2.24, 2.45) is 5.41 Å². The fourth-order valence-electron chi connectivity index (χ4n) is 2.87. The molecule has 3 rings (SSSR count). The Kier molecular flexibility index (Phi) is 3.52. The highest BCUT2D eigenvalue weighted by atomic mass is 16.4. The van der Waals surface area contributed by atoms with Crippen LogP contribution >= 0.6 is 0 Å². The van der Waals surface area contributed by atoms with Crippen LogP contribution in [0, 0.1) is 5.41 Å². The van der Waals surface area contributed by atoms with Gasteiger partial charge in [-0.05, 0) is 38.0 Å². The first kappa shape index (κ1) is 14.4. The third kappa shape index (κ3) is 2.52. The normalized spacial score (nSPS) is 21.8. The molecule has 6 nitrogen and oxygen atoms in total. The number of rotatable bonds is 2. The molecule has 1 aliphatic rings. The molecule has 114 valence electrons. The molecule has 1 aromatic heterocycles. The fourth-order valence-corrected chi connectivity index (χ4v) is 2.87. The molecule has 6 heteroatoms. The first-order valence-corrected chi connectivity index (χ1v) is 7.23. The van der Waals surface area contributed by atoms with Gasteiger partial charge in [-0.3, -0.25) is 19.6 Å². The van der Waals surface area contributed by atoms with Crippen molar-refractivity contribution in [2.75, 3.05) is 13.1 Å². The molecule has 0 saturated carbocycles. The second kappa shape index (κ2) is 5.36. The molecule has 1 aromatic carbocycles. The minimum atomic E-state index is -0.870. The maximum atomic E-state index is 12.6. The molecular formula is C16H17N3O3. The van der Waals surface area contributed by atoms with E-state index in [0.717, 1.165) is 5.52 Å². The van der Waals surface area contributed by atoms with Crippen molar-refractivity contribution in [3.05, 3.63) is 36.2 Å². The average Bonchev–Trinajstić information content (AvgIpc) is 2.53. The Morgan fingerprint density at radius 1 is 1.23 bits per heavy atom. The van der Waals surface area contributed by atoms with Crippen molar-refractivity contribution in [2.45, 2.75) is 19.8 Å². The summed E-state index contributed by atoms with van der Waals surface area (Å²) < 4.78 is 0. The van der Waals surface area contributed by atoms with E-state index in [1.165, 1.54) is 0 Å². The Morgan fingerprint density at radius 2 is 1.95 bits per heavy atom. The van der Waals surface area contributed by atoms with E-state index in [1.807, 2.05) is 0 Å². The van der Waals surface area contributed by atoms with Gasteiger partial charge >= 0.3 is 5.97 Å². The smallest absolute Gasteiger partial charge is 0.311 e. The minimum absolute atomic E-state index is 0.153. The van der Waals surface area contributed by atoms with Crippen LogP contribution in [0.5, 0.6) is 0 Å². The highest BCUT2D eigenvalue weighted by Gasteiger charge is 2.39. The lowest BCUT2D eigenvalue weighted by molar-refractivity contribution is -0.150. The van der Waals surface area contributed by atoms with Crippen molar-refractivity contribution < 1.29 is 14.7 Å². The highest BCUT2D eigenvalue weighted by molar-refractivity contribution is 5.97. The van der Waals surface area contributed by atoms with Gasteiger partial charge in [-0.2, -0.15) is 0 Å². The summed E-state index contributed by atoms with van der Waals surface area (Å²) in [5, 5.41) is 9.35. The van der Waals surface area contributed by atoms with Crippen LogP contribution in [-0.4, -0.2) is 44.9 Å². The number of hydrogen-bond donors (Lipinski definition) is 1. The van der Waals surface area contributed by atoms with Crippen LogP contribution in [0.25, 0.3) is 11.0 Å². The third-order valence-corrected chi connectivity index (χ3v) is 4.22. The minimum Gasteiger partial charge on any atom is -0.481 e. The molecule has 1 fully saturated rings. The lowest BCUT2D eigenvalue weighted by atomic mass is 9.82. The van der Waals surface area contributed by atoms with Gasteiger partial charge in [0.15, 0.2) is 0 Å². The fraction of sp³-hybridized carbons (Fsp3) is 0.375. The van der Waals surface area contributed by atoms with Crippen LogP contribution in [0.15, 0.2) is 30.6 Å². The summed E-state index contributed by atoms with van der Waals surface area (Å²) in [7, 11) is 0. The molecule has 1 aliphatic heterocycles. The molecule has 0 spiro atoms. The first-order valence-electron chi connectivity index (χ1n) is 7.23. The zero-order valence-electron chi connectivity index (χ0n) is 12.3. The number of aromatic nitrogens is 2. The number of amides is 1. The van der Waals surface area contributed by atoms with E-state index < -0.39 is 11.4 Å². The van der Waals surface area contributed by atoms with Gasteiger partial charge in [0.2, 0.25) is 0 Å². The molecular weight excluding hydrogens is 282 g/mol. The third-order valence-electron chi connectivity index (χ3n) is 4.22. The molecule has 2 heterocycles. The van der Waals surface area contributed by atoms with E-state index in [1.54, 1.807) is 42.4 Å². The molecule has 22 heavy (non-hydrogen) atoms. The van der Waals surface area contributed by atoms with Gasteiger partial charge in [-0.15, -0.1) is 0 Å². The predicted molar refractivity (Wildman–Crippen MR) is 80.4 cm³/mol. The molecule has 1 N–H and O–H groups in total. The van der Waals surface area contributed by atoms with E-state index >= 15 is 0 Å². The predicted octanol–water partition coefficient (Wildman–Crippen LogP) is 1.96. The molecule has 1 atom stereocenters. The van der Waals surface area contributed by atoms with E-state index in [0.29, 0.717) is 30.5 Å². The quantitative estimate of drug-likeness (QED) is 0.916. The van der Waals surface area contributed by atoms with E-state index in [2.05, 4.69) is 9.97 Å². The second-order valence-electron chi connectivity index (χ2n) is 5.96. The highest BCUT2D eigenvalue weighted by Crippen LogP contribution is 2.30. The number of piperidine rings is 1. The Morgan fingerprint density at radius 3 is 2.68 bits per heavy atom. The van der Waals surface area contributed by atoms with E-state index in [-0.39, 0.29) is 12.5 Å². The summed E-state index contributed by atoms with van der Waals surface area (Å²) in [6.45, 7) is 2.51. The molecule has 1 unspecified atom stereocenters. The average molecular weight is 299 g/mol. The number of carbonyl (C=O) groups excluding carboxylic acids is 1. The van der Waals surface area contributed by atoms with Gasteiger partial charge in [0.05, 0.1) is 16.4 Å². The zero-order chi connectivity index (χ0) is 15.7. The number of carboxylic acid groups (broad SMARTS) is 1. The van der Waals surface area contributed by atoms with E-state index in [4.69, 9.17) is 0 Å². The van der Waals surface area contributed by atoms with Gasteiger partial charge in [-0.1, -0.05) is 0 Å². The molecule has 0 bridgehead atoms. The van der Waals surface area contributed by atoms with Gasteiger partial charge < -0.3 is 10.0 Å². The standard InChI is InChI=1S/C16H17N3O3/c1-16(15(21)22)5-2-8-19(10-16)14(20)11-3-4-12-13(9-11)18-7-6-17-12/h3-4,6-7,9H,2,5,8,10H2,1H3,(H,21,22). The zero-order valence-corrected chi connectivity index (χ0v) is 12.3. The molecule has 1 amide bonds. The Labute approximate surface area is 127 Å². The lowest BCUT2D eigenvalue weighted by Crippen LogP contribution is -2.48. The van der Waals surface area contributed by atoms with Gasteiger partial charge in [0.1, 0.15) is 0 Å². The summed E-state index contributed by atoms with van der Waals surface area (Å²) in [5.41, 5.74) is 1.03. The van der Waals surface area contributed by atoms with Crippen molar-refractivity contribution in [3.63, 3.8) is 0 Å². The molecule has 2 aromatic rings. The number of fused-ring (bicyclic) bond motifs is 1. The SMILES string of the molecule is CC1(C(=O)O)CCCN(C(=O)c2ccc3nccnc3c2)C1. The summed E-state index contributed by atoms with van der Waals surface area (Å²) in [6.07, 6.45) is 4.48. The van der Waals surface area contributed by atoms with Crippen LogP contribution < -0.4 is 0 Å². The Hall–Kier alpha value is -2.50. The number of likely N-dealkylation sites (tertiary alicyclic amines) is 1. The maximum absolute atomic E-state index is 12.6. The summed E-state index contributed by atoms with van der Waals surface area (Å²) in [6, 6.07) is 5.18. The second-order valence-corrected chi connectivity index (χ2v) is 5.96. The van der Waals surface area contributed by atoms with Crippen molar-refractivity contribution in [1.82, 2.24) is 14.9 Å². The lowest BCUT2D eigenvalue weighted by Gasteiger charge is -2.37. The number of aliphatic carboxylic acids is 1. The van der Waals surface area contributed by atoms with Crippen LogP contribution in [0.3, 0.4) is 0 Å². The Balaban J connectivity index is 1.87. The molecule has 0 aliphatic carbocycles. The van der Waals surface area contributed by atoms with Crippen molar-refractivity contribution in [3.8, 4) is 0 Å². The number of nitrogens with zero attached hydrogens (tertiary/aromatic N) is 3. The topological polar surface area (TPSA) is 83.4 Å². The van der Waals surface area contributed by atoms with Crippen molar-refractivity contribution in [1.29, 1.82) is 0 Å². The van der Waals surface area contributed by atoms with Crippen LogP contribution in [0.1, 0.15) is 30.1 Å². The number of benzene rings is 1. The van der Waals surface area contributed by atoms with Gasteiger partial charge in [0, 0.05) is 31.0 Å². The van der Waals surface area contributed by atoms with Crippen LogP contribution in [0.2, 0.25) is 0 Å². The number of carboxylic acids is 1.